The van der Waals surface area contributed by atoms with Gasteiger partial charge in [0.25, 0.3) is 5.92 Å². The minimum atomic E-state index is -3.21. The average molecular weight is 203 g/mol. The van der Waals surface area contributed by atoms with Gasteiger partial charge in [0.1, 0.15) is 11.5 Å². The zero-order chi connectivity index (χ0) is 10.8. The molecule has 0 unspecified atom stereocenters. The topological polar surface area (TPSA) is 55.5 Å². The average Bonchev–Trinajstić information content (AvgIpc) is 2.17. The van der Waals surface area contributed by atoms with Crippen molar-refractivity contribution in [2.24, 2.45) is 5.73 Å². The molecule has 0 spiro atoms. The van der Waals surface area contributed by atoms with Crippen LogP contribution in [0.2, 0.25) is 0 Å². The number of methoxy groups -OCH3 is 1. The maximum absolute atomic E-state index is 13.1. The Hall–Kier alpha value is -1.36. The lowest BCUT2D eigenvalue weighted by atomic mass is 10.1. The van der Waals surface area contributed by atoms with Crippen molar-refractivity contribution in [2.45, 2.75) is 5.92 Å². The van der Waals surface area contributed by atoms with Gasteiger partial charge in [-0.15, -0.1) is 0 Å². The fourth-order valence-electron chi connectivity index (χ4n) is 1.06. The summed E-state index contributed by atoms with van der Waals surface area (Å²) in [6, 6.07) is 3.57. The molecule has 0 aliphatic carbocycles. The van der Waals surface area contributed by atoms with Crippen LogP contribution in [0.4, 0.5) is 8.78 Å². The number of aromatic hydroxyl groups is 1. The summed E-state index contributed by atoms with van der Waals surface area (Å²) >= 11 is 0. The molecular formula is C9H11F2NO2. The first-order valence-corrected chi connectivity index (χ1v) is 3.96. The second-order valence-corrected chi connectivity index (χ2v) is 2.79. The summed E-state index contributed by atoms with van der Waals surface area (Å²) in [5.41, 5.74) is 4.40. The molecule has 0 fully saturated rings. The molecule has 14 heavy (non-hydrogen) atoms. The molecule has 0 aromatic heterocycles. The lowest BCUT2D eigenvalue weighted by Gasteiger charge is -2.15. The van der Waals surface area contributed by atoms with E-state index in [0.29, 0.717) is 5.75 Å². The molecular weight excluding hydrogens is 192 g/mol. The molecule has 0 atom stereocenters. The van der Waals surface area contributed by atoms with Gasteiger partial charge in [0.15, 0.2) is 0 Å². The Kier molecular flexibility index (Phi) is 2.90. The Bertz CT molecular complexity index is 329. The van der Waals surface area contributed by atoms with Crippen LogP contribution >= 0.6 is 0 Å². The highest BCUT2D eigenvalue weighted by atomic mass is 19.3. The number of nitrogens with two attached hydrogens (primary N) is 1. The summed E-state index contributed by atoms with van der Waals surface area (Å²) in [5, 5.41) is 9.27. The largest absolute Gasteiger partial charge is 0.507 e. The molecule has 0 bridgehead atoms. The second-order valence-electron chi connectivity index (χ2n) is 2.79. The van der Waals surface area contributed by atoms with Crippen molar-refractivity contribution in [1.29, 1.82) is 0 Å². The van der Waals surface area contributed by atoms with Crippen LogP contribution in [-0.4, -0.2) is 18.8 Å². The Morgan fingerprint density at radius 2 is 2.14 bits per heavy atom. The lowest BCUT2D eigenvalue weighted by molar-refractivity contribution is 0.00373. The Balaban J connectivity index is 3.12. The smallest absolute Gasteiger partial charge is 0.288 e. The maximum Gasteiger partial charge on any atom is 0.288 e. The number of phenolic OH excluding ortho intramolecular Hbond substituents is 1. The molecule has 1 aromatic carbocycles. The SMILES string of the molecule is COc1ccc(C(F)(F)CN)c(O)c1. The molecule has 3 N–H and O–H groups in total. The van der Waals surface area contributed by atoms with E-state index in [-0.39, 0.29) is 0 Å². The fourth-order valence-corrected chi connectivity index (χ4v) is 1.06. The van der Waals surface area contributed by atoms with Crippen molar-refractivity contribution in [1.82, 2.24) is 0 Å². The highest BCUT2D eigenvalue weighted by Gasteiger charge is 2.32. The van der Waals surface area contributed by atoms with Gasteiger partial charge in [0, 0.05) is 6.07 Å². The minimum absolute atomic E-state index is 0.319. The molecule has 0 aliphatic heterocycles. The number of alkyl halides is 2. The molecule has 0 aliphatic rings. The lowest BCUT2D eigenvalue weighted by Crippen LogP contribution is -2.25. The van der Waals surface area contributed by atoms with Crippen LogP contribution in [0.15, 0.2) is 18.2 Å². The third-order valence-electron chi connectivity index (χ3n) is 1.86. The first-order chi connectivity index (χ1) is 6.51. The molecule has 0 amide bonds. The molecule has 5 heteroatoms. The van der Waals surface area contributed by atoms with Crippen LogP contribution in [0.25, 0.3) is 0 Å². The van der Waals surface area contributed by atoms with Gasteiger partial charge >= 0.3 is 0 Å². The van der Waals surface area contributed by atoms with E-state index in [1.165, 1.54) is 13.2 Å². The summed E-state index contributed by atoms with van der Waals surface area (Å²) in [5.74, 6) is -3.41. The van der Waals surface area contributed by atoms with E-state index >= 15 is 0 Å². The van der Waals surface area contributed by atoms with Gasteiger partial charge in [-0.2, -0.15) is 8.78 Å². The van der Waals surface area contributed by atoms with Gasteiger partial charge in [-0.3, -0.25) is 0 Å². The standard InChI is InChI=1S/C9H11F2NO2/c1-14-6-2-3-7(8(13)4-6)9(10,11)5-12/h2-4,13H,5,12H2,1H3. The molecule has 0 radical (unpaired) electrons. The van der Waals surface area contributed by atoms with E-state index in [1.54, 1.807) is 0 Å². The minimum Gasteiger partial charge on any atom is -0.507 e. The monoisotopic (exact) mass is 203 g/mol. The first kappa shape index (κ1) is 10.7. The number of rotatable bonds is 3. The third kappa shape index (κ3) is 1.93. The van der Waals surface area contributed by atoms with Crippen molar-refractivity contribution >= 4 is 0 Å². The summed E-state index contributed by atoms with van der Waals surface area (Å²) in [7, 11) is 1.38. The molecule has 1 rings (SSSR count). The zero-order valence-electron chi connectivity index (χ0n) is 7.63. The van der Waals surface area contributed by atoms with Crippen molar-refractivity contribution in [3.8, 4) is 11.5 Å². The fraction of sp³-hybridized carbons (Fsp3) is 0.333. The van der Waals surface area contributed by atoms with Crippen molar-refractivity contribution in [3.63, 3.8) is 0 Å². The Morgan fingerprint density at radius 3 is 2.57 bits per heavy atom. The highest BCUT2D eigenvalue weighted by molar-refractivity contribution is 5.42. The van der Waals surface area contributed by atoms with Crippen LogP contribution in [0.3, 0.4) is 0 Å². The van der Waals surface area contributed by atoms with Crippen LogP contribution in [0, 0.1) is 0 Å². The number of ether oxygens (including phenoxy) is 1. The zero-order valence-corrected chi connectivity index (χ0v) is 7.63. The summed E-state index contributed by atoms with van der Waals surface area (Å²) in [6.45, 7) is -0.840. The van der Waals surface area contributed by atoms with Crippen molar-refractivity contribution < 1.29 is 18.6 Å². The molecule has 0 saturated heterocycles. The summed E-state index contributed by atoms with van der Waals surface area (Å²) < 4.78 is 30.9. The van der Waals surface area contributed by atoms with Crippen molar-refractivity contribution in [3.05, 3.63) is 23.8 Å². The van der Waals surface area contributed by atoms with Crippen molar-refractivity contribution in [2.75, 3.05) is 13.7 Å². The molecule has 1 aromatic rings. The quantitative estimate of drug-likeness (QED) is 0.781. The van der Waals surface area contributed by atoms with E-state index in [2.05, 4.69) is 0 Å². The number of hydrogen-bond acceptors (Lipinski definition) is 3. The number of phenols is 1. The number of benzene rings is 1. The number of halogens is 2. The van der Waals surface area contributed by atoms with Gasteiger partial charge in [-0.25, -0.2) is 0 Å². The van der Waals surface area contributed by atoms with Crippen LogP contribution < -0.4 is 10.5 Å². The van der Waals surface area contributed by atoms with E-state index in [4.69, 9.17) is 10.5 Å². The van der Waals surface area contributed by atoms with Gasteiger partial charge in [-0.05, 0) is 12.1 Å². The molecule has 0 heterocycles. The van der Waals surface area contributed by atoms with Gasteiger partial charge < -0.3 is 15.6 Å². The Labute approximate surface area is 80.1 Å². The van der Waals surface area contributed by atoms with E-state index in [9.17, 15) is 13.9 Å². The number of hydrogen-bond donors (Lipinski definition) is 2. The van der Waals surface area contributed by atoms with Crippen LogP contribution in [0.5, 0.6) is 11.5 Å². The predicted octanol–water partition coefficient (Wildman–Crippen LogP) is 1.45. The van der Waals surface area contributed by atoms with E-state index in [0.717, 1.165) is 12.1 Å². The van der Waals surface area contributed by atoms with Gasteiger partial charge in [0.2, 0.25) is 0 Å². The molecule has 3 nitrogen and oxygen atoms in total. The maximum atomic E-state index is 13.1. The highest BCUT2D eigenvalue weighted by Crippen LogP contribution is 2.35. The third-order valence-corrected chi connectivity index (χ3v) is 1.86. The summed E-state index contributed by atoms with van der Waals surface area (Å²) in [6.07, 6.45) is 0. The van der Waals surface area contributed by atoms with Gasteiger partial charge in [0.05, 0.1) is 19.2 Å². The van der Waals surface area contributed by atoms with Crippen LogP contribution in [-0.2, 0) is 5.92 Å². The predicted molar refractivity (Wildman–Crippen MR) is 47.6 cm³/mol. The normalized spacial score (nSPS) is 11.4. The van der Waals surface area contributed by atoms with E-state index in [1.807, 2.05) is 0 Å². The first-order valence-electron chi connectivity index (χ1n) is 3.96. The summed E-state index contributed by atoms with van der Waals surface area (Å²) in [4.78, 5) is 0. The Morgan fingerprint density at radius 1 is 1.50 bits per heavy atom. The van der Waals surface area contributed by atoms with Crippen LogP contribution in [0.1, 0.15) is 5.56 Å². The second kappa shape index (κ2) is 3.79. The molecule has 78 valence electrons. The molecule has 0 saturated carbocycles. The van der Waals surface area contributed by atoms with Gasteiger partial charge in [-0.1, -0.05) is 0 Å². The van der Waals surface area contributed by atoms with E-state index < -0.39 is 23.8 Å².